The fourth-order valence-corrected chi connectivity index (χ4v) is 2.13. The van der Waals surface area contributed by atoms with Crippen LogP contribution < -0.4 is 5.32 Å². The summed E-state index contributed by atoms with van der Waals surface area (Å²) in [7, 11) is 0. The van der Waals surface area contributed by atoms with Gasteiger partial charge in [-0.15, -0.1) is 0 Å². The third-order valence-corrected chi connectivity index (χ3v) is 2.80. The largest absolute Gasteiger partial charge is 0.347 e. The van der Waals surface area contributed by atoms with Crippen LogP contribution in [0, 0.1) is 0 Å². The minimum atomic E-state index is -0.126. The lowest BCUT2D eigenvalue weighted by molar-refractivity contribution is -0.119. The maximum Gasteiger partial charge on any atom is 0.217 e. The molecule has 0 aliphatic heterocycles. The summed E-state index contributed by atoms with van der Waals surface area (Å²) in [4.78, 5) is 20.1. The van der Waals surface area contributed by atoms with Crippen molar-refractivity contribution in [2.75, 3.05) is 0 Å². The van der Waals surface area contributed by atoms with E-state index in [2.05, 4.69) is 33.7 Å². The molecular formula is C13H18N4O. The Labute approximate surface area is 106 Å². The Bertz CT molecular complexity index is 573. The molecule has 0 bridgehead atoms. The van der Waals surface area contributed by atoms with Crippen LogP contribution in [0.15, 0.2) is 18.3 Å². The zero-order chi connectivity index (χ0) is 13.3. The first-order chi connectivity index (χ1) is 8.50. The SMILES string of the molecule is CC(=O)NC(C)c1nc2cccnc2n1C(C)C. The molecule has 0 saturated heterocycles. The summed E-state index contributed by atoms with van der Waals surface area (Å²) in [5, 5.41) is 2.87. The van der Waals surface area contributed by atoms with E-state index in [9.17, 15) is 4.79 Å². The van der Waals surface area contributed by atoms with Crippen LogP contribution in [-0.4, -0.2) is 20.4 Å². The van der Waals surface area contributed by atoms with Crippen molar-refractivity contribution in [3.63, 3.8) is 0 Å². The standard InChI is InChI=1S/C13H18N4O/c1-8(2)17-12(9(3)15-10(4)18)16-11-6-5-7-14-13(11)17/h5-9H,1-4H3,(H,15,18). The Hall–Kier alpha value is -1.91. The number of nitrogens with zero attached hydrogens (tertiary/aromatic N) is 3. The lowest BCUT2D eigenvalue weighted by Gasteiger charge is -2.17. The molecule has 2 aromatic heterocycles. The van der Waals surface area contributed by atoms with E-state index in [-0.39, 0.29) is 18.0 Å². The van der Waals surface area contributed by atoms with Crippen molar-refractivity contribution in [1.82, 2.24) is 19.9 Å². The molecule has 96 valence electrons. The molecular weight excluding hydrogens is 228 g/mol. The molecule has 0 saturated carbocycles. The number of amides is 1. The average molecular weight is 246 g/mol. The summed E-state index contributed by atoms with van der Waals surface area (Å²) in [5.41, 5.74) is 1.72. The van der Waals surface area contributed by atoms with Gasteiger partial charge in [0, 0.05) is 19.2 Å². The van der Waals surface area contributed by atoms with Gasteiger partial charge in [-0.3, -0.25) is 4.79 Å². The normalized spacial score (nSPS) is 12.9. The van der Waals surface area contributed by atoms with Crippen molar-refractivity contribution in [2.24, 2.45) is 0 Å². The fraction of sp³-hybridized carbons (Fsp3) is 0.462. The monoisotopic (exact) mass is 246 g/mol. The van der Waals surface area contributed by atoms with Crippen LogP contribution in [-0.2, 0) is 4.79 Å². The van der Waals surface area contributed by atoms with Gasteiger partial charge in [0.2, 0.25) is 5.91 Å². The van der Waals surface area contributed by atoms with Crippen LogP contribution in [0.4, 0.5) is 0 Å². The number of aromatic nitrogens is 3. The second kappa shape index (κ2) is 4.76. The van der Waals surface area contributed by atoms with Gasteiger partial charge in [0.1, 0.15) is 11.3 Å². The number of imidazole rings is 1. The van der Waals surface area contributed by atoms with E-state index in [4.69, 9.17) is 0 Å². The molecule has 1 amide bonds. The molecule has 1 atom stereocenters. The molecule has 2 rings (SSSR count). The van der Waals surface area contributed by atoms with Gasteiger partial charge in [0.15, 0.2) is 5.65 Å². The molecule has 1 unspecified atom stereocenters. The molecule has 5 heteroatoms. The first-order valence-electron chi connectivity index (χ1n) is 6.10. The second-order valence-electron chi connectivity index (χ2n) is 4.70. The zero-order valence-corrected chi connectivity index (χ0v) is 11.1. The smallest absolute Gasteiger partial charge is 0.217 e. The highest BCUT2D eigenvalue weighted by atomic mass is 16.1. The maximum atomic E-state index is 11.2. The predicted molar refractivity (Wildman–Crippen MR) is 70.1 cm³/mol. The molecule has 2 heterocycles. The molecule has 1 N–H and O–H groups in total. The summed E-state index contributed by atoms with van der Waals surface area (Å²) < 4.78 is 2.07. The van der Waals surface area contributed by atoms with E-state index < -0.39 is 0 Å². The first kappa shape index (κ1) is 12.5. The highest BCUT2D eigenvalue weighted by Gasteiger charge is 2.19. The lowest BCUT2D eigenvalue weighted by atomic mass is 10.3. The van der Waals surface area contributed by atoms with E-state index in [1.165, 1.54) is 6.92 Å². The van der Waals surface area contributed by atoms with Gasteiger partial charge < -0.3 is 9.88 Å². The van der Waals surface area contributed by atoms with Gasteiger partial charge in [-0.2, -0.15) is 0 Å². The number of hydrogen-bond donors (Lipinski definition) is 1. The second-order valence-corrected chi connectivity index (χ2v) is 4.70. The van der Waals surface area contributed by atoms with Crippen molar-refractivity contribution in [1.29, 1.82) is 0 Å². The van der Waals surface area contributed by atoms with Crippen molar-refractivity contribution in [3.05, 3.63) is 24.2 Å². The molecule has 18 heavy (non-hydrogen) atoms. The van der Waals surface area contributed by atoms with Crippen LogP contribution >= 0.6 is 0 Å². The summed E-state index contributed by atoms with van der Waals surface area (Å²) in [5.74, 6) is 0.784. The van der Waals surface area contributed by atoms with Crippen LogP contribution in [0.2, 0.25) is 0 Å². The van der Waals surface area contributed by atoms with Gasteiger partial charge in [0.05, 0.1) is 6.04 Å². The van der Waals surface area contributed by atoms with Crippen LogP contribution in [0.5, 0.6) is 0 Å². The Morgan fingerprint density at radius 1 is 1.39 bits per heavy atom. The average Bonchev–Trinajstić information content (AvgIpc) is 2.67. The topological polar surface area (TPSA) is 59.8 Å². The van der Waals surface area contributed by atoms with Gasteiger partial charge in [-0.1, -0.05) is 0 Å². The molecule has 5 nitrogen and oxygen atoms in total. The number of hydrogen-bond acceptors (Lipinski definition) is 3. The van der Waals surface area contributed by atoms with E-state index in [0.29, 0.717) is 0 Å². The van der Waals surface area contributed by atoms with Gasteiger partial charge >= 0.3 is 0 Å². The zero-order valence-electron chi connectivity index (χ0n) is 11.1. The van der Waals surface area contributed by atoms with Crippen molar-refractivity contribution in [3.8, 4) is 0 Å². The molecule has 0 radical (unpaired) electrons. The highest BCUT2D eigenvalue weighted by Crippen LogP contribution is 2.23. The number of pyridine rings is 1. The quantitative estimate of drug-likeness (QED) is 0.903. The molecule has 0 fully saturated rings. The lowest BCUT2D eigenvalue weighted by Crippen LogP contribution is -2.26. The van der Waals surface area contributed by atoms with Gasteiger partial charge in [-0.05, 0) is 32.9 Å². The van der Waals surface area contributed by atoms with Gasteiger partial charge in [0.25, 0.3) is 0 Å². The summed E-state index contributed by atoms with van der Waals surface area (Å²) in [6.45, 7) is 7.61. The van der Waals surface area contributed by atoms with Crippen LogP contribution in [0.25, 0.3) is 11.2 Å². The molecule has 2 aromatic rings. The number of carbonyl (C=O) groups is 1. The van der Waals surface area contributed by atoms with Crippen molar-refractivity contribution in [2.45, 2.75) is 39.8 Å². The summed E-state index contributed by atoms with van der Waals surface area (Å²) in [6.07, 6.45) is 1.76. The summed E-state index contributed by atoms with van der Waals surface area (Å²) in [6, 6.07) is 3.92. The van der Waals surface area contributed by atoms with E-state index in [0.717, 1.165) is 17.0 Å². The third kappa shape index (κ3) is 2.20. The minimum Gasteiger partial charge on any atom is -0.347 e. The van der Waals surface area contributed by atoms with Gasteiger partial charge in [-0.25, -0.2) is 9.97 Å². The Kier molecular flexibility index (Phi) is 3.32. The molecule has 0 spiro atoms. The van der Waals surface area contributed by atoms with E-state index in [1.54, 1.807) is 6.20 Å². The molecule has 0 aromatic carbocycles. The Morgan fingerprint density at radius 2 is 2.11 bits per heavy atom. The third-order valence-electron chi connectivity index (χ3n) is 2.80. The van der Waals surface area contributed by atoms with Crippen LogP contribution in [0.3, 0.4) is 0 Å². The fourth-order valence-electron chi connectivity index (χ4n) is 2.13. The van der Waals surface area contributed by atoms with E-state index in [1.807, 2.05) is 19.1 Å². The molecule has 0 aliphatic rings. The number of rotatable bonds is 3. The number of nitrogens with one attached hydrogen (secondary N) is 1. The van der Waals surface area contributed by atoms with Crippen molar-refractivity contribution < 1.29 is 4.79 Å². The maximum absolute atomic E-state index is 11.2. The van der Waals surface area contributed by atoms with E-state index >= 15 is 0 Å². The number of fused-ring (bicyclic) bond motifs is 1. The van der Waals surface area contributed by atoms with Crippen molar-refractivity contribution >= 4 is 17.1 Å². The predicted octanol–water partition coefficient (Wildman–Crippen LogP) is 2.21. The van der Waals surface area contributed by atoms with Crippen LogP contribution in [0.1, 0.15) is 45.6 Å². The number of carbonyl (C=O) groups excluding carboxylic acids is 1. The first-order valence-corrected chi connectivity index (χ1v) is 6.10. The highest BCUT2D eigenvalue weighted by molar-refractivity contribution is 5.74. The molecule has 0 aliphatic carbocycles. The Morgan fingerprint density at radius 3 is 2.72 bits per heavy atom. The summed E-state index contributed by atoms with van der Waals surface area (Å²) >= 11 is 0. The minimum absolute atomic E-state index is 0.0576. The Balaban J connectivity index is 2.55.